The predicted molar refractivity (Wildman–Crippen MR) is 126 cm³/mol. The summed E-state index contributed by atoms with van der Waals surface area (Å²) in [6.45, 7) is 0. The number of ether oxygens (including phenoxy) is 1. The number of hydrogen-bond donors (Lipinski definition) is 3. The number of halogens is 1. The molecule has 3 aromatic rings. The van der Waals surface area contributed by atoms with Crippen molar-refractivity contribution < 1.29 is 19.4 Å². The van der Waals surface area contributed by atoms with E-state index in [1.165, 1.54) is 13.3 Å². The van der Waals surface area contributed by atoms with Gasteiger partial charge >= 0.3 is 0 Å². The molecule has 32 heavy (non-hydrogen) atoms. The first-order valence-corrected chi connectivity index (χ1v) is 10.3. The van der Waals surface area contributed by atoms with Crippen LogP contribution in [-0.2, 0) is 4.79 Å². The number of carbonyl (C=O) groups is 2. The topological polar surface area (TPSA) is 100 Å². The lowest BCUT2D eigenvalue weighted by molar-refractivity contribution is -0.117. The van der Waals surface area contributed by atoms with Gasteiger partial charge in [0.05, 0.1) is 13.3 Å². The van der Waals surface area contributed by atoms with Crippen molar-refractivity contribution in [2.45, 2.75) is 0 Å². The average molecular weight is 494 g/mol. The van der Waals surface area contributed by atoms with E-state index in [0.29, 0.717) is 15.6 Å². The molecule has 3 aromatic carbocycles. The van der Waals surface area contributed by atoms with Crippen LogP contribution in [0.25, 0.3) is 6.08 Å². The van der Waals surface area contributed by atoms with Crippen LogP contribution in [0, 0.1) is 0 Å². The van der Waals surface area contributed by atoms with E-state index in [-0.39, 0.29) is 17.2 Å². The van der Waals surface area contributed by atoms with Crippen LogP contribution in [-0.4, -0.2) is 30.2 Å². The summed E-state index contributed by atoms with van der Waals surface area (Å²) in [5, 5.41) is 16.7. The maximum absolute atomic E-state index is 12.8. The lowest BCUT2D eigenvalue weighted by Gasteiger charge is -2.09. The molecule has 0 spiro atoms. The van der Waals surface area contributed by atoms with Crippen molar-refractivity contribution in [1.29, 1.82) is 0 Å². The molecule has 0 radical (unpaired) electrons. The Morgan fingerprint density at radius 1 is 1.03 bits per heavy atom. The summed E-state index contributed by atoms with van der Waals surface area (Å²) in [5.74, 6) is -0.921. The van der Waals surface area contributed by atoms with Gasteiger partial charge < -0.3 is 15.2 Å². The lowest BCUT2D eigenvalue weighted by Crippen LogP contribution is -2.32. The van der Waals surface area contributed by atoms with Crippen molar-refractivity contribution >= 4 is 40.0 Å². The number of phenols is 1. The zero-order chi connectivity index (χ0) is 22.9. The van der Waals surface area contributed by atoms with E-state index in [0.717, 1.165) is 5.56 Å². The van der Waals surface area contributed by atoms with Crippen molar-refractivity contribution in [3.8, 4) is 11.5 Å². The molecule has 3 N–H and O–H groups in total. The van der Waals surface area contributed by atoms with Gasteiger partial charge in [0.15, 0.2) is 11.5 Å². The summed E-state index contributed by atoms with van der Waals surface area (Å²) in [4.78, 5) is 25.4. The second-order valence-electron chi connectivity index (χ2n) is 6.53. The third-order valence-electron chi connectivity index (χ3n) is 4.30. The van der Waals surface area contributed by atoms with Crippen molar-refractivity contribution in [1.82, 2.24) is 10.7 Å². The SMILES string of the molecule is COc1cc(Br)cc(/C=N/NC(=O)C(=Cc2ccccc2)NC(=O)c2ccccc2)c1O. The molecule has 3 rings (SSSR count). The molecule has 0 heterocycles. The van der Waals surface area contributed by atoms with Crippen molar-refractivity contribution in [2.24, 2.45) is 5.10 Å². The summed E-state index contributed by atoms with van der Waals surface area (Å²) in [6.07, 6.45) is 2.82. The van der Waals surface area contributed by atoms with E-state index < -0.39 is 11.8 Å². The second-order valence-corrected chi connectivity index (χ2v) is 7.45. The fourth-order valence-electron chi connectivity index (χ4n) is 2.73. The minimum atomic E-state index is -0.629. The van der Waals surface area contributed by atoms with Crippen LogP contribution < -0.4 is 15.5 Å². The molecule has 0 unspecified atom stereocenters. The summed E-state index contributed by atoms with van der Waals surface area (Å²) >= 11 is 3.32. The second kappa shape index (κ2) is 10.9. The highest BCUT2D eigenvalue weighted by atomic mass is 79.9. The Morgan fingerprint density at radius 2 is 1.69 bits per heavy atom. The first-order valence-electron chi connectivity index (χ1n) is 9.51. The van der Waals surface area contributed by atoms with Crippen LogP contribution in [0.1, 0.15) is 21.5 Å². The number of aromatic hydroxyl groups is 1. The molecule has 162 valence electrons. The van der Waals surface area contributed by atoms with Crippen LogP contribution in [0.2, 0.25) is 0 Å². The van der Waals surface area contributed by atoms with Gasteiger partial charge in [0.1, 0.15) is 5.70 Å². The van der Waals surface area contributed by atoms with Gasteiger partial charge in [-0.3, -0.25) is 9.59 Å². The normalized spacial score (nSPS) is 11.2. The molecule has 0 aliphatic rings. The number of nitrogens with one attached hydrogen (secondary N) is 2. The summed E-state index contributed by atoms with van der Waals surface area (Å²) in [5.41, 5.74) is 3.85. The smallest absolute Gasteiger partial charge is 0.287 e. The Kier molecular flexibility index (Phi) is 7.77. The van der Waals surface area contributed by atoms with Gasteiger partial charge in [-0.05, 0) is 35.9 Å². The van der Waals surface area contributed by atoms with Gasteiger partial charge in [-0.25, -0.2) is 5.43 Å². The number of hydrogen-bond acceptors (Lipinski definition) is 5. The number of phenolic OH excluding ortho intramolecular Hbond substituents is 1. The molecule has 0 aliphatic heterocycles. The van der Waals surface area contributed by atoms with Crippen molar-refractivity contribution in [3.63, 3.8) is 0 Å². The van der Waals surface area contributed by atoms with Gasteiger partial charge in [-0.1, -0.05) is 64.5 Å². The highest BCUT2D eigenvalue weighted by Crippen LogP contribution is 2.32. The van der Waals surface area contributed by atoms with E-state index in [4.69, 9.17) is 4.74 Å². The van der Waals surface area contributed by atoms with Gasteiger partial charge in [-0.15, -0.1) is 0 Å². The van der Waals surface area contributed by atoms with Gasteiger partial charge in [0, 0.05) is 15.6 Å². The fourth-order valence-corrected chi connectivity index (χ4v) is 3.18. The standard InChI is InChI=1S/C24H20BrN3O4/c1-32-21-14-19(25)13-18(22(21)29)15-26-28-24(31)20(12-16-8-4-2-5-9-16)27-23(30)17-10-6-3-7-11-17/h2-15,29H,1H3,(H,27,30)(H,28,31)/b20-12?,26-15+. The number of benzene rings is 3. The van der Waals surface area contributed by atoms with Gasteiger partial charge in [0.25, 0.3) is 11.8 Å². The Bertz CT molecular complexity index is 1160. The van der Waals surface area contributed by atoms with E-state index in [1.54, 1.807) is 60.7 Å². The summed E-state index contributed by atoms with van der Waals surface area (Å²) in [7, 11) is 1.43. The zero-order valence-corrected chi connectivity index (χ0v) is 18.7. The van der Waals surface area contributed by atoms with Gasteiger partial charge in [-0.2, -0.15) is 5.10 Å². The first-order chi connectivity index (χ1) is 15.5. The average Bonchev–Trinajstić information content (AvgIpc) is 2.81. The summed E-state index contributed by atoms with van der Waals surface area (Å²) < 4.78 is 5.77. The third kappa shape index (κ3) is 6.05. The molecule has 0 saturated heterocycles. The molecule has 2 amide bonds. The van der Waals surface area contributed by atoms with Crippen LogP contribution in [0.3, 0.4) is 0 Å². The number of carbonyl (C=O) groups excluding carboxylic acids is 2. The monoisotopic (exact) mass is 493 g/mol. The molecule has 0 aliphatic carbocycles. The Balaban J connectivity index is 1.81. The highest BCUT2D eigenvalue weighted by molar-refractivity contribution is 9.10. The fraction of sp³-hybridized carbons (Fsp3) is 0.0417. The zero-order valence-electron chi connectivity index (χ0n) is 17.1. The number of nitrogens with zero attached hydrogens (tertiary/aromatic N) is 1. The largest absolute Gasteiger partial charge is 0.504 e. The number of hydrazone groups is 1. The Morgan fingerprint density at radius 3 is 2.34 bits per heavy atom. The number of amides is 2. The first kappa shape index (κ1) is 22.8. The molecule has 8 heteroatoms. The minimum Gasteiger partial charge on any atom is -0.504 e. The minimum absolute atomic E-state index is 0.0123. The quantitative estimate of drug-likeness (QED) is 0.262. The lowest BCUT2D eigenvalue weighted by atomic mass is 10.1. The molecular formula is C24H20BrN3O4. The predicted octanol–water partition coefficient (Wildman–Crippen LogP) is 4.08. The van der Waals surface area contributed by atoms with E-state index in [9.17, 15) is 14.7 Å². The van der Waals surface area contributed by atoms with E-state index in [1.807, 2.05) is 18.2 Å². The van der Waals surface area contributed by atoms with E-state index >= 15 is 0 Å². The Labute approximate surface area is 193 Å². The van der Waals surface area contributed by atoms with Crippen molar-refractivity contribution in [2.75, 3.05) is 7.11 Å². The van der Waals surface area contributed by atoms with Gasteiger partial charge in [0.2, 0.25) is 0 Å². The summed E-state index contributed by atoms with van der Waals surface area (Å²) in [6, 6.07) is 20.9. The number of methoxy groups -OCH3 is 1. The molecule has 0 fully saturated rings. The van der Waals surface area contributed by atoms with Crippen molar-refractivity contribution in [3.05, 3.63) is 99.7 Å². The van der Waals surface area contributed by atoms with Crippen LogP contribution in [0.4, 0.5) is 0 Å². The Hall–Kier alpha value is -3.91. The maximum Gasteiger partial charge on any atom is 0.287 e. The van der Waals surface area contributed by atoms with E-state index in [2.05, 4.69) is 31.8 Å². The molecule has 7 nitrogen and oxygen atoms in total. The van der Waals surface area contributed by atoms with Crippen LogP contribution >= 0.6 is 15.9 Å². The molecule has 0 atom stereocenters. The molecular weight excluding hydrogens is 474 g/mol. The highest BCUT2D eigenvalue weighted by Gasteiger charge is 2.14. The molecule has 0 aromatic heterocycles. The maximum atomic E-state index is 12.8. The van der Waals surface area contributed by atoms with Crippen LogP contribution in [0.15, 0.2) is 88.1 Å². The molecule has 0 saturated carbocycles. The number of rotatable bonds is 7. The van der Waals surface area contributed by atoms with Crippen LogP contribution in [0.5, 0.6) is 11.5 Å². The third-order valence-corrected chi connectivity index (χ3v) is 4.76. The molecule has 0 bridgehead atoms.